The van der Waals surface area contributed by atoms with Crippen LogP contribution in [0.15, 0.2) is 91.0 Å². The molecule has 0 aliphatic carbocycles. The molecule has 1 unspecified atom stereocenters. The van der Waals surface area contributed by atoms with Crippen molar-refractivity contribution in [2.75, 3.05) is 21.1 Å². The number of para-hydroxylation sites is 2. The summed E-state index contributed by atoms with van der Waals surface area (Å²) in [6.45, 7) is 2.29. The van der Waals surface area contributed by atoms with Gasteiger partial charge >= 0.3 is 7.82 Å². The number of hydrogen-bond acceptors (Lipinski definition) is 4. The zero-order valence-corrected chi connectivity index (χ0v) is 25.9. The second-order valence-corrected chi connectivity index (χ2v) is 12.5. The van der Waals surface area contributed by atoms with Crippen molar-refractivity contribution < 1.29 is 23.0 Å². The van der Waals surface area contributed by atoms with Gasteiger partial charge < -0.3 is 18.4 Å². The molecule has 0 aliphatic rings. The Morgan fingerprint density at radius 1 is 0.625 bits per heavy atom. The maximum absolute atomic E-state index is 11.6. The van der Waals surface area contributed by atoms with Crippen molar-refractivity contribution in [2.45, 2.75) is 83.6 Å². The predicted octanol–water partition coefficient (Wildman–Crippen LogP) is 9.36. The Balaban J connectivity index is 0.000000292. The topological polar surface area (TPSA) is 58.6 Å². The molecule has 0 spiro atoms. The molecule has 220 valence electrons. The summed E-state index contributed by atoms with van der Waals surface area (Å²) < 4.78 is 22.1. The van der Waals surface area contributed by atoms with Gasteiger partial charge in [-0.25, -0.2) is 4.57 Å². The molecule has 0 fully saturated rings. The third kappa shape index (κ3) is 14.7. The van der Waals surface area contributed by atoms with Crippen LogP contribution in [-0.2, 0) is 4.57 Å². The molecule has 3 rings (SSSR count). The second kappa shape index (κ2) is 18.7. The molecular formula is C34H50NO4P. The smallest absolute Gasteiger partial charge is 0.372 e. The first-order valence-electron chi connectivity index (χ1n) is 14.9. The van der Waals surface area contributed by atoms with E-state index in [1.54, 1.807) is 60.7 Å². The van der Waals surface area contributed by atoms with E-state index in [9.17, 15) is 9.46 Å². The maximum atomic E-state index is 11.6. The van der Waals surface area contributed by atoms with Gasteiger partial charge in [0.15, 0.2) is 0 Å². The average molecular weight is 568 g/mol. The molecule has 0 saturated heterocycles. The highest BCUT2D eigenvalue weighted by atomic mass is 31.2. The van der Waals surface area contributed by atoms with Crippen molar-refractivity contribution in [1.29, 1.82) is 0 Å². The van der Waals surface area contributed by atoms with Crippen LogP contribution in [0.2, 0.25) is 0 Å². The normalized spacial score (nSPS) is 12.2. The van der Waals surface area contributed by atoms with Gasteiger partial charge in [-0.2, -0.15) is 0 Å². The van der Waals surface area contributed by atoms with Crippen LogP contribution in [-0.4, -0.2) is 25.6 Å². The van der Waals surface area contributed by atoms with Gasteiger partial charge in [0, 0.05) is 12.0 Å². The minimum atomic E-state index is -4.39. The highest BCUT2D eigenvalue weighted by Gasteiger charge is 2.24. The fourth-order valence-corrected chi connectivity index (χ4v) is 5.54. The van der Waals surface area contributed by atoms with Gasteiger partial charge in [0.25, 0.3) is 0 Å². The summed E-state index contributed by atoms with van der Waals surface area (Å²) in [5.41, 5.74) is 1.50. The number of nitrogens with zero attached hydrogens (tertiary/aromatic N) is 1. The average Bonchev–Trinajstić information content (AvgIpc) is 2.92. The number of benzene rings is 3. The molecular weight excluding hydrogens is 517 g/mol. The van der Waals surface area contributed by atoms with Crippen LogP contribution in [0.3, 0.4) is 0 Å². The monoisotopic (exact) mass is 567 g/mol. The number of hydrogen-bond donors (Lipinski definition) is 0. The molecule has 0 radical (unpaired) electrons. The molecule has 0 N–H and O–H groups in total. The van der Waals surface area contributed by atoms with Crippen molar-refractivity contribution in [3.05, 3.63) is 96.6 Å². The summed E-state index contributed by atoms with van der Waals surface area (Å²) in [6, 6.07) is 28.1. The van der Waals surface area contributed by atoms with Gasteiger partial charge in [0.1, 0.15) is 17.5 Å². The fourth-order valence-electron chi connectivity index (χ4n) is 4.74. The van der Waals surface area contributed by atoms with Crippen molar-refractivity contribution in [1.82, 2.24) is 0 Å². The number of phosphoric acid groups is 1. The second-order valence-electron chi connectivity index (χ2n) is 11.3. The van der Waals surface area contributed by atoms with E-state index >= 15 is 0 Å². The molecule has 0 amide bonds. The van der Waals surface area contributed by atoms with Crippen LogP contribution in [0.5, 0.6) is 11.5 Å². The molecule has 3 aromatic carbocycles. The minimum absolute atomic E-state index is 0.224. The molecule has 0 aromatic heterocycles. The lowest BCUT2D eigenvalue weighted by atomic mass is 9.97. The summed E-state index contributed by atoms with van der Waals surface area (Å²) in [4.78, 5) is 11.6. The first-order valence-corrected chi connectivity index (χ1v) is 16.3. The van der Waals surface area contributed by atoms with Crippen LogP contribution < -0.4 is 13.9 Å². The molecule has 0 aliphatic heterocycles. The van der Waals surface area contributed by atoms with Crippen molar-refractivity contribution in [3.63, 3.8) is 0 Å². The van der Waals surface area contributed by atoms with E-state index in [2.05, 4.69) is 58.4 Å². The maximum Gasteiger partial charge on any atom is 0.372 e. The molecule has 6 heteroatoms. The summed E-state index contributed by atoms with van der Waals surface area (Å²) in [6.07, 6.45) is 15.5. The van der Waals surface area contributed by atoms with E-state index in [4.69, 9.17) is 9.05 Å². The van der Waals surface area contributed by atoms with Gasteiger partial charge in [0.05, 0.1) is 21.1 Å². The number of quaternary nitrogens is 1. The van der Waals surface area contributed by atoms with E-state index in [0.717, 1.165) is 4.48 Å². The number of unbranched alkanes of at least 4 members (excludes halogenated alkanes) is 9. The summed E-state index contributed by atoms with van der Waals surface area (Å²) in [7, 11) is 2.60. The Morgan fingerprint density at radius 2 is 1.00 bits per heavy atom. The molecule has 0 bridgehead atoms. The lowest BCUT2D eigenvalue weighted by Crippen LogP contribution is -2.38. The number of phosphoric ester groups is 1. The van der Waals surface area contributed by atoms with Crippen LogP contribution in [0, 0.1) is 0 Å². The fraction of sp³-hybridized carbons (Fsp3) is 0.471. The van der Waals surface area contributed by atoms with E-state index in [1.165, 1.54) is 76.2 Å². The van der Waals surface area contributed by atoms with Crippen molar-refractivity contribution in [3.8, 4) is 11.5 Å². The largest absolute Gasteiger partial charge is 0.736 e. The van der Waals surface area contributed by atoms with Crippen LogP contribution in [0.4, 0.5) is 0 Å². The third-order valence-electron chi connectivity index (χ3n) is 6.87. The van der Waals surface area contributed by atoms with E-state index in [1.807, 2.05) is 0 Å². The SMILES string of the molecule is CCCCCCCCCCCCC(c1ccccc1)[N+](C)(C)C.O=P([O-])(Oc1ccccc1)Oc1ccccc1. The summed E-state index contributed by atoms with van der Waals surface area (Å²) >= 11 is 0. The Kier molecular flexibility index (Phi) is 15.7. The quantitative estimate of drug-likeness (QED) is 0.0926. The Labute approximate surface area is 243 Å². The zero-order chi connectivity index (χ0) is 29.1. The first kappa shape index (κ1) is 33.6. The lowest BCUT2D eigenvalue weighted by Gasteiger charge is -2.34. The van der Waals surface area contributed by atoms with Crippen LogP contribution in [0.25, 0.3) is 0 Å². The molecule has 5 nitrogen and oxygen atoms in total. The molecule has 0 saturated carbocycles. The molecule has 3 aromatic rings. The predicted molar refractivity (Wildman–Crippen MR) is 165 cm³/mol. The molecule has 40 heavy (non-hydrogen) atoms. The highest BCUT2D eigenvalue weighted by molar-refractivity contribution is 7.46. The summed E-state index contributed by atoms with van der Waals surface area (Å²) in [5.74, 6) is 0.448. The standard InChI is InChI=1S/C22H40N.C12H11O4P/c1-5-6-7-8-9-10-11-12-13-17-20-22(23(2,3)4)21-18-15-14-16-19-21;13-17(14,15-11-7-3-1-4-8-11)16-12-9-5-2-6-10-12/h14-16,18-19,22H,5-13,17,20H2,1-4H3;1-10H,(H,13,14)/q+1;/p-1. The van der Waals surface area contributed by atoms with Gasteiger partial charge in [-0.3, -0.25) is 0 Å². The zero-order valence-electron chi connectivity index (χ0n) is 25.0. The van der Waals surface area contributed by atoms with Crippen LogP contribution >= 0.6 is 7.82 Å². The van der Waals surface area contributed by atoms with Gasteiger partial charge in [-0.05, 0) is 30.7 Å². The lowest BCUT2D eigenvalue weighted by molar-refractivity contribution is -0.902. The Hall–Kier alpha value is -2.59. The van der Waals surface area contributed by atoms with Gasteiger partial charge in [-0.15, -0.1) is 0 Å². The van der Waals surface area contributed by atoms with Crippen molar-refractivity contribution >= 4 is 7.82 Å². The number of rotatable bonds is 17. The Morgan fingerprint density at radius 3 is 1.40 bits per heavy atom. The summed E-state index contributed by atoms with van der Waals surface area (Å²) in [5, 5.41) is 0. The van der Waals surface area contributed by atoms with E-state index in [-0.39, 0.29) is 11.5 Å². The molecule has 1 atom stereocenters. The minimum Gasteiger partial charge on any atom is -0.736 e. The Bertz CT molecular complexity index is 1030. The van der Waals surface area contributed by atoms with E-state index in [0.29, 0.717) is 6.04 Å². The van der Waals surface area contributed by atoms with E-state index < -0.39 is 7.82 Å². The van der Waals surface area contributed by atoms with Gasteiger partial charge in [0.2, 0.25) is 0 Å². The molecule has 0 heterocycles. The highest BCUT2D eigenvalue weighted by Crippen LogP contribution is 2.40. The van der Waals surface area contributed by atoms with Gasteiger partial charge in [-0.1, -0.05) is 131 Å². The first-order chi connectivity index (χ1) is 19.2. The van der Waals surface area contributed by atoms with Crippen molar-refractivity contribution in [2.24, 2.45) is 0 Å². The third-order valence-corrected chi connectivity index (χ3v) is 7.74. The van der Waals surface area contributed by atoms with Crippen LogP contribution in [0.1, 0.15) is 89.2 Å².